The van der Waals surface area contributed by atoms with Gasteiger partial charge in [-0.15, -0.1) is 0 Å². The highest BCUT2D eigenvalue weighted by atomic mass is 16.5. The third-order valence-corrected chi connectivity index (χ3v) is 1.72. The third-order valence-electron chi connectivity index (χ3n) is 1.72. The molecule has 4 heteroatoms. The molecule has 1 unspecified atom stereocenters. The van der Waals surface area contributed by atoms with Crippen LogP contribution in [0.25, 0.3) is 0 Å². The molecule has 1 rings (SSSR count). The SMILES string of the molecule is NCC(O)C(=O)OCc1ccccc1. The largest absolute Gasteiger partial charge is 0.459 e. The maximum atomic E-state index is 11.0. The summed E-state index contributed by atoms with van der Waals surface area (Å²) in [6.45, 7) is 0.0460. The minimum Gasteiger partial charge on any atom is -0.459 e. The van der Waals surface area contributed by atoms with Crippen LogP contribution in [-0.2, 0) is 16.1 Å². The van der Waals surface area contributed by atoms with Crippen LogP contribution in [0.4, 0.5) is 0 Å². The second kappa shape index (κ2) is 5.36. The molecule has 0 bridgehead atoms. The summed E-state index contributed by atoms with van der Waals surface area (Å²) in [5.74, 6) is -0.684. The number of esters is 1. The lowest BCUT2D eigenvalue weighted by atomic mass is 10.2. The second-order valence-corrected chi connectivity index (χ2v) is 2.84. The van der Waals surface area contributed by atoms with Gasteiger partial charge in [0.05, 0.1) is 0 Å². The molecule has 0 aliphatic rings. The van der Waals surface area contributed by atoms with E-state index < -0.39 is 12.1 Å². The van der Waals surface area contributed by atoms with Crippen molar-refractivity contribution >= 4 is 5.97 Å². The maximum Gasteiger partial charge on any atom is 0.336 e. The average molecular weight is 195 g/mol. The number of carbonyl (C=O) groups excluding carboxylic acids is 1. The van der Waals surface area contributed by atoms with E-state index in [4.69, 9.17) is 15.6 Å². The first kappa shape index (κ1) is 10.7. The Hall–Kier alpha value is -1.39. The van der Waals surface area contributed by atoms with E-state index in [2.05, 4.69) is 0 Å². The zero-order valence-electron chi connectivity index (χ0n) is 7.72. The number of rotatable bonds is 4. The van der Waals surface area contributed by atoms with Gasteiger partial charge in [0.2, 0.25) is 0 Å². The van der Waals surface area contributed by atoms with E-state index in [0.29, 0.717) is 0 Å². The molecule has 0 aromatic heterocycles. The van der Waals surface area contributed by atoms with Crippen molar-refractivity contribution in [3.05, 3.63) is 35.9 Å². The molecule has 0 amide bonds. The van der Waals surface area contributed by atoms with E-state index in [0.717, 1.165) is 5.56 Å². The summed E-state index contributed by atoms with van der Waals surface area (Å²) in [6.07, 6.45) is -1.22. The minimum absolute atomic E-state index is 0.117. The number of hydrogen-bond donors (Lipinski definition) is 2. The van der Waals surface area contributed by atoms with Gasteiger partial charge in [-0.05, 0) is 5.56 Å². The summed E-state index contributed by atoms with van der Waals surface area (Å²) in [7, 11) is 0. The standard InChI is InChI=1S/C10H13NO3/c11-6-9(12)10(13)14-7-8-4-2-1-3-5-8/h1-5,9,12H,6-7,11H2. The number of hydrogen-bond acceptors (Lipinski definition) is 4. The Morgan fingerprint density at radius 1 is 1.43 bits per heavy atom. The maximum absolute atomic E-state index is 11.0. The topological polar surface area (TPSA) is 72.5 Å². The van der Waals surface area contributed by atoms with Crippen LogP contribution in [0.2, 0.25) is 0 Å². The van der Waals surface area contributed by atoms with Gasteiger partial charge in [0, 0.05) is 6.54 Å². The van der Waals surface area contributed by atoms with E-state index >= 15 is 0 Å². The van der Waals surface area contributed by atoms with Gasteiger partial charge in [0.1, 0.15) is 6.61 Å². The fraction of sp³-hybridized carbons (Fsp3) is 0.300. The number of ether oxygens (including phenoxy) is 1. The molecule has 14 heavy (non-hydrogen) atoms. The molecule has 0 aliphatic carbocycles. The van der Waals surface area contributed by atoms with Crippen molar-refractivity contribution in [3.8, 4) is 0 Å². The van der Waals surface area contributed by atoms with Gasteiger partial charge in [-0.25, -0.2) is 4.79 Å². The van der Waals surface area contributed by atoms with Crippen LogP contribution >= 0.6 is 0 Å². The van der Waals surface area contributed by atoms with Crippen molar-refractivity contribution in [1.29, 1.82) is 0 Å². The first-order valence-electron chi connectivity index (χ1n) is 4.32. The van der Waals surface area contributed by atoms with Crippen LogP contribution in [0, 0.1) is 0 Å². The molecule has 76 valence electrons. The van der Waals surface area contributed by atoms with Gasteiger partial charge in [-0.2, -0.15) is 0 Å². The second-order valence-electron chi connectivity index (χ2n) is 2.84. The first-order chi connectivity index (χ1) is 6.74. The quantitative estimate of drug-likeness (QED) is 0.666. The Bertz CT molecular complexity index is 287. The highest BCUT2D eigenvalue weighted by molar-refractivity contribution is 5.74. The van der Waals surface area contributed by atoms with Gasteiger partial charge in [-0.1, -0.05) is 30.3 Å². The van der Waals surface area contributed by atoms with Crippen molar-refractivity contribution in [2.24, 2.45) is 5.73 Å². The summed E-state index contributed by atoms with van der Waals surface area (Å²) >= 11 is 0. The zero-order valence-corrected chi connectivity index (χ0v) is 7.72. The lowest BCUT2D eigenvalue weighted by Crippen LogP contribution is -2.30. The number of aliphatic hydroxyl groups excluding tert-OH is 1. The summed E-state index contributed by atoms with van der Waals surface area (Å²) in [4.78, 5) is 11.0. The van der Waals surface area contributed by atoms with Crippen molar-refractivity contribution in [1.82, 2.24) is 0 Å². The molecule has 0 spiro atoms. The van der Waals surface area contributed by atoms with Crippen molar-refractivity contribution < 1.29 is 14.6 Å². The summed E-state index contributed by atoms with van der Waals surface area (Å²) < 4.78 is 4.81. The number of carbonyl (C=O) groups is 1. The van der Waals surface area contributed by atoms with E-state index in [9.17, 15) is 4.79 Å². The van der Waals surface area contributed by atoms with Crippen LogP contribution in [0.1, 0.15) is 5.56 Å². The molecule has 0 saturated heterocycles. The van der Waals surface area contributed by atoms with Gasteiger partial charge in [0.15, 0.2) is 6.10 Å². The van der Waals surface area contributed by atoms with Gasteiger partial charge < -0.3 is 15.6 Å². The molecule has 0 saturated carbocycles. The van der Waals surface area contributed by atoms with E-state index in [-0.39, 0.29) is 13.2 Å². The smallest absolute Gasteiger partial charge is 0.336 e. The van der Waals surface area contributed by atoms with Crippen LogP contribution in [-0.4, -0.2) is 23.7 Å². The Morgan fingerprint density at radius 3 is 2.64 bits per heavy atom. The molecule has 0 heterocycles. The van der Waals surface area contributed by atoms with Crippen molar-refractivity contribution in [2.45, 2.75) is 12.7 Å². The molecule has 3 N–H and O–H groups in total. The van der Waals surface area contributed by atoms with Crippen molar-refractivity contribution in [3.63, 3.8) is 0 Å². The van der Waals surface area contributed by atoms with E-state index in [1.807, 2.05) is 30.3 Å². The molecule has 1 aromatic rings. The monoisotopic (exact) mass is 195 g/mol. The highest BCUT2D eigenvalue weighted by Gasteiger charge is 2.13. The van der Waals surface area contributed by atoms with Gasteiger partial charge in [0.25, 0.3) is 0 Å². The lowest BCUT2D eigenvalue weighted by molar-refractivity contribution is -0.154. The van der Waals surface area contributed by atoms with Gasteiger partial charge >= 0.3 is 5.97 Å². The summed E-state index contributed by atoms with van der Waals surface area (Å²) in [5.41, 5.74) is 5.97. The van der Waals surface area contributed by atoms with E-state index in [1.165, 1.54) is 0 Å². The molecule has 1 aromatic carbocycles. The van der Waals surface area contributed by atoms with Crippen LogP contribution in [0.5, 0.6) is 0 Å². The Morgan fingerprint density at radius 2 is 2.07 bits per heavy atom. The lowest BCUT2D eigenvalue weighted by Gasteiger charge is -2.08. The molecule has 0 aliphatic heterocycles. The summed E-state index contributed by atoms with van der Waals surface area (Å²) in [5, 5.41) is 9.00. The van der Waals surface area contributed by atoms with Crippen molar-refractivity contribution in [2.75, 3.05) is 6.54 Å². The summed E-state index contributed by atoms with van der Waals surface area (Å²) in [6, 6.07) is 9.25. The average Bonchev–Trinajstić information content (AvgIpc) is 2.26. The zero-order chi connectivity index (χ0) is 10.4. The Kier molecular flexibility index (Phi) is 4.10. The molecule has 1 atom stereocenters. The molecular formula is C10H13NO3. The highest BCUT2D eigenvalue weighted by Crippen LogP contribution is 2.01. The van der Waals surface area contributed by atoms with Crippen LogP contribution in [0.3, 0.4) is 0 Å². The molecule has 4 nitrogen and oxygen atoms in total. The fourth-order valence-corrected chi connectivity index (χ4v) is 0.921. The number of benzene rings is 1. The Balaban J connectivity index is 2.38. The molecule has 0 radical (unpaired) electrons. The van der Waals surface area contributed by atoms with Gasteiger partial charge in [-0.3, -0.25) is 0 Å². The first-order valence-corrected chi connectivity index (χ1v) is 4.32. The third kappa shape index (κ3) is 3.16. The molecular weight excluding hydrogens is 182 g/mol. The van der Waals surface area contributed by atoms with Crippen LogP contribution in [0.15, 0.2) is 30.3 Å². The predicted molar refractivity (Wildman–Crippen MR) is 51.3 cm³/mol. The van der Waals surface area contributed by atoms with Crippen LogP contribution < -0.4 is 5.73 Å². The predicted octanol–water partition coefficient (Wildman–Crippen LogP) is 0.0494. The van der Waals surface area contributed by atoms with E-state index in [1.54, 1.807) is 0 Å². The minimum atomic E-state index is -1.22. The number of nitrogens with two attached hydrogens (primary N) is 1. The fourth-order valence-electron chi connectivity index (χ4n) is 0.921. The number of aliphatic hydroxyl groups is 1. The normalized spacial score (nSPS) is 12.1. The molecule has 0 fully saturated rings. The Labute approximate surface area is 82.3 Å².